The summed E-state index contributed by atoms with van der Waals surface area (Å²) in [5.41, 5.74) is 6.58. The maximum atomic E-state index is 12.9. The Bertz CT molecular complexity index is 2060. The van der Waals surface area contributed by atoms with E-state index < -0.39 is 24.3 Å². The molecule has 2 aliphatic rings. The number of aromatic nitrogens is 2. The van der Waals surface area contributed by atoms with Gasteiger partial charge in [0.25, 0.3) is 0 Å². The summed E-state index contributed by atoms with van der Waals surface area (Å²) in [6.45, 7) is 6.59. The summed E-state index contributed by atoms with van der Waals surface area (Å²) >= 11 is 0. The summed E-state index contributed by atoms with van der Waals surface area (Å²) in [4.78, 5) is 39.0. The fourth-order valence-electron chi connectivity index (χ4n) is 7.47. The van der Waals surface area contributed by atoms with Gasteiger partial charge in [-0.3, -0.25) is 4.90 Å². The number of aliphatic hydroxyl groups is 1. The van der Waals surface area contributed by atoms with Crippen LogP contribution in [0.3, 0.4) is 0 Å². The minimum absolute atomic E-state index is 0.0163. The lowest BCUT2D eigenvalue weighted by Crippen LogP contribution is -2.51. The standard InChI is InChI=1S/C45H50N6O6/c1-31-40(29-50-21-23-51(24-22-50)44-46-19-8-20-47-44)56-43(57-41(31)35-17-15-33(30-52)16-18-35)38-14-7-13-37(27-38)36-12-6-11-34(25-36)28-48-45(54)49-39(42(53)55-2)26-32-9-4-3-5-10-32/h3-20,25,27,31,39-41,43,52H,21-24,26,28-30H2,1-2H3,(H2,48,49,54). The normalized spacial score (nSPS) is 20.4. The van der Waals surface area contributed by atoms with Gasteiger partial charge in [0, 0.05) is 69.6 Å². The number of rotatable bonds is 13. The second-order valence-electron chi connectivity index (χ2n) is 14.6. The molecule has 12 heteroatoms. The van der Waals surface area contributed by atoms with Crippen LogP contribution in [0.15, 0.2) is 122 Å². The zero-order valence-electron chi connectivity index (χ0n) is 32.4. The van der Waals surface area contributed by atoms with Crippen LogP contribution in [0.25, 0.3) is 11.1 Å². The first-order valence-corrected chi connectivity index (χ1v) is 19.5. The molecule has 57 heavy (non-hydrogen) atoms. The number of hydrogen-bond acceptors (Lipinski definition) is 10. The molecule has 0 saturated carbocycles. The molecule has 2 saturated heterocycles. The number of piperazine rings is 1. The molecule has 1 aromatic heterocycles. The number of nitrogens with one attached hydrogen (secondary N) is 2. The van der Waals surface area contributed by atoms with E-state index in [1.165, 1.54) is 7.11 Å². The number of amides is 2. The number of carbonyl (C=O) groups is 2. The van der Waals surface area contributed by atoms with E-state index in [-0.39, 0.29) is 31.3 Å². The Morgan fingerprint density at radius 1 is 0.807 bits per heavy atom. The van der Waals surface area contributed by atoms with E-state index in [0.29, 0.717) is 6.42 Å². The average molecular weight is 771 g/mol. The number of urea groups is 1. The molecule has 0 radical (unpaired) electrons. The molecule has 5 aromatic rings. The van der Waals surface area contributed by atoms with Crippen molar-refractivity contribution in [2.24, 2.45) is 5.92 Å². The molecule has 5 unspecified atom stereocenters. The molecule has 7 rings (SSSR count). The summed E-state index contributed by atoms with van der Waals surface area (Å²) in [5, 5.41) is 15.3. The first-order valence-electron chi connectivity index (χ1n) is 19.5. The van der Waals surface area contributed by atoms with E-state index in [2.05, 4.69) is 49.5 Å². The molecule has 2 aliphatic heterocycles. The zero-order chi connectivity index (χ0) is 39.6. The van der Waals surface area contributed by atoms with Gasteiger partial charge < -0.3 is 34.9 Å². The smallest absolute Gasteiger partial charge is 0.328 e. The number of ether oxygens (including phenoxy) is 3. The molecule has 296 valence electrons. The topological polar surface area (TPSA) is 138 Å². The number of esters is 1. The lowest BCUT2D eigenvalue weighted by atomic mass is 9.89. The lowest BCUT2D eigenvalue weighted by Gasteiger charge is -2.44. The van der Waals surface area contributed by atoms with E-state index in [4.69, 9.17) is 14.2 Å². The van der Waals surface area contributed by atoms with Crippen LogP contribution < -0.4 is 15.5 Å². The third-order valence-electron chi connectivity index (χ3n) is 10.7. The molecular formula is C45H50N6O6. The van der Waals surface area contributed by atoms with Crippen molar-refractivity contribution in [3.63, 3.8) is 0 Å². The van der Waals surface area contributed by atoms with Crippen molar-refractivity contribution in [3.8, 4) is 11.1 Å². The predicted octanol–water partition coefficient (Wildman–Crippen LogP) is 5.83. The van der Waals surface area contributed by atoms with Crippen molar-refractivity contribution < 1.29 is 28.9 Å². The van der Waals surface area contributed by atoms with E-state index in [1.54, 1.807) is 12.4 Å². The molecule has 2 amide bonds. The van der Waals surface area contributed by atoms with Gasteiger partial charge in [0.1, 0.15) is 6.04 Å². The Morgan fingerprint density at radius 3 is 2.23 bits per heavy atom. The molecule has 12 nitrogen and oxygen atoms in total. The van der Waals surface area contributed by atoms with Gasteiger partial charge in [-0.15, -0.1) is 0 Å². The van der Waals surface area contributed by atoms with Crippen LogP contribution in [0.2, 0.25) is 0 Å². The molecule has 0 aliphatic carbocycles. The minimum atomic E-state index is -0.822. The quantitative estimate of drug-likeness (QED) is 0.125. The van der Waals surface area contributed by atoms with Crippen LogP contribution >= 0.6 is 0 Å². The maximum absolute atomic E-state index is 12.9. The van der Waals surface area contributed by atoms with Gasteiger partial charge in [-0.25, -0.2) is 19.6 Å². The highest BCUT2D eigenvalue weighted by molar-refractivity contribution is 5.83. The van der Waals surface area contributed by atoms with Crippen LogP contribution in [0.4, 0.5) is 10.7 Å². The highest BCUT2D eigenvalue weighted by Crippen LogP contribution is 2.42. The number of benzene rings is 4. The van der Waals surface area contributed by atoms with E-state index in [9.17, 15) is 14.7 Å². The largest absolute Gasteiger partial charge is 0.467 e. The first-order chi connectivity index (χ1) is 27.9. The molecule has 0 bridgehead atoms. The molecule has 3 N–H and O–H groups in total. The highest BCUT2D eigenvalue weighted by Gasteiger charge is 2.39. The number of hydrogen-bond donors (Lipinski definition) is 3. The Morgan fingerprint density at radius 2 is 1.51 bits per heavy atom. The maximum Gasteiger partial charge on any atom is 0.328 e. The Kier molecular flexibility index (Phi) is 13.2. The summed E-state index contributed by atoms with van der Waals surface area (Å²) in [6, 6.07) is 34.2. The highest BCUT2D eigenvalue weighted by atomic mass is 16.7. The number of nitrogens with zero attached hydrogens (tertiary/aromatic N) is 4. The minimum Gasteiger partial charge on any atom is -0.467 e. The van der Waals surface area contributed by atoms with Gasteiger partial charge in [0.2, 0.25) is 5.95 Å². The van der Waals surface area contributed by atoms with Gasteiger partial charge in [-0.2, -0.15) is 0 Å². The van der Waals surface area contributed by atoms with E-state index >= 15 is 0 Å². The molecule has 5 atom stereocenters. The van der Waals surface area contributed by atoms with Crippen LogP contribution in [-0.4, -0.2) is 84.0 Å². The lowest BCUT2D eigenvalue weighted by molar-refractivity contribution is -0.276. The third-order valence-corrected chi connectivity index (χ3v) is 10.7. The van der Waals surface area contributed by atoms with E-state index in [1.807, 2.05) is 97.1 Å². The summed E-state index contributed by atoms with van der Waals surface area (Å²) in [6.07, 6.45) is 2.93. The molecule has 0 spiro atoms. The van der Waals surface area contributed by atoms with Gasteiger partial charge in [0.05, 0.1) is 25.9 Å². The van der Waals surface area contributed by atoms with Crippen LogP contribution in [0.1, 0.15) is 47.1 Å². The van der Waals surface area contributed by atoms with Gasteiger partial charge in [-0.1, -0.05) is 97.9 Å². The number of methoxy groups -OCH3 is 1. The molecule has 2 fully saturated rings. The van der Waals surface area contributed by atoms with Crippen molar-refractivity contribution in [2.45, 2.75) is 51.0 Å². The van der Waals surface area contributed by atoms with Crippen molar-refractivity contribution in [3.05, 3.63) is 149 Å². The summed E-state index contributed by atoms with van der Waals surface area (Å²) in [7, 11) is 1.31. The Hall–Kier alpha value is -5.66. The predicted molar refractivity (Wildman–Crippen MR) is 217 cm³/mol. The van der Waals surface area contributed by atoms with Crippen molar-refractivity contribution in [1.29, 1.82) is 0 Å². The van der Waals surface area contributed by atoms with Crippen molar-refractivity contribution in [2.75, 3.05) is 44.7 Å². The van der Waals surface area contributed by atoms with Crippen LogP contribution in [0.5, 0.6) is 0 Å². The second-order valence-corrected chi connectivity index (χ2v) is 14.6. The fraction of sp³-hybridized carbons (Fsp3) is 0.333. The van der Waals surface area contributed by atoms with Gasteiger partial charge in [0.15, 0.2) is 6.29 Å². The molecular weight excluding hydrogens is 721 g/mol. The zero-order valence-corrected chi connectivity index (χ0v) is 32.4. The number of anilines is 1. The Balaban J connectivity index is 1.04. The van der Waals surface area contributed by atoms with Crippen molar-refractivity contribution in [1.82, 2.24) is 25.5 Å². The SMILES string of the molecule is COC(=O)C(Cc1ccccc1)NC(=O)NCc1cccc(-c2cccc(C3OC(CN4CCN(c5ncccn5)CC4)C(C)C(c4ccc(CO)cc4)O3)c2)c1. The number of aliphatic hydroxyl groups excluding tert-OH is 1. The fourth-order valence-corrected chi connectivity index (χ4v) is 7.47. The summed E-state index contributed by atoms with van der Waals surface area (Å²) in [5.74, 6) is 0.308. The monoisotopic (exact) mass is 770 g/mol. The number of carbonyl (C=O) groups excluding carboxylic acids is 2. The van der Waals surface area contributed by atoms with Gasteiger partial charge in [-0.05, 0) is 51.6 Å². The second kappa shape index (κ2) is 19.0. The third kappa shape index (κ3) is 10.2. The van der Waals surface area contributed by atoms with E-state index in [0.717, 1.165) is 77.6 Å². The first kappa shape index (κ1) is 39.6. The van der Waals surface area contributed by atoms with Crippen LogP contribution in [0, 0.1) is 5.92 Å². The average Bonchev–Trinajstić information content (AvgIpc) is 3.27. The Labute approximate surface area is 333 Å². The molecule has 4 aromatic carbocycles. The van der Waals surface area contributed by atoms with Gasteiger partial charge >= 0.3 is 12.0 Å². The summed E-state index contributed by atoms with van der Waals surface area (Å²) < 4.78 is 18.6. The van der Waals surface area contributed by atoms with Crippen molar-refractivity contribution >= 4 is 17.9 Å². The molecule has 3 heterocycles. The van der Waals surface area contributed by atoms with Crippen LogP contribution in [-0.2, 0) is 38.6 Å².